The maximum absolute atomic E-state index is 11.5. The van der Waals surface area contributed by atoms with Crippen molar-refractivity contribution in [2.24, 2.45) is 0 Å². The molecule has 2 amide bonds. The first-order chi connectivity index (χ1) is 9.16. The lowest BCUT2D eigenvalue weighted by atomic mass is 10.0. The van der Waals surface area contributed by atoms with E-state index in [0.29, 0.717) is 11.5 Å². The zero-order valence-corrected chi connectivity index (χ0v) is 10.8. The summed E-state index contributed by atoms with van der Waals surface area (Å²) in [5.41, 5.74) is 1.23. The Morgan fingerprint density at radius 3 is 2.58 bits per heavy atom. The third-order valence-electron chi connectivity index (χ3n) is 3.12. The lowest BCUT2D eigenvalue weighted by Gasteiger charge is -2.12. The lowest BCUT2D eigenvalue weighted by Crippen LogP contribution is -2.31. The predicted molar refractivity (Wildman–Crippen MR) is 67.5 cm³/mol. The van der Waals surface area contributed by atoms with Gasteiger partial charge in [-0.05, 0) is 25.7 Å². The molecule has 0 aromatic carbocycles. The molecule has 0 saturated carbocycles. The van der Waals surface area contributed by atoms with Gasteiger partial charge in [-0.3, -0.25) is 9.59 Å². The normalized spacial score (nSPS) is 18.7. The number of imide groups is 1. The molecule has 5 nitrogen and oxygen atoms in total. The molecular weight excluding hydrogens is 246 g/mol. The van der Waals surface area contributed by atoms with E-state index in [9.17, 15) is 14.4 Å². The molecule has 1 fully saturated rings. The molecule has 2 rings (SSSR count). The minimum absolute atomic E-state index is 0.129. The van der Waals surface area contributed by atoms with E-state index in [2.05, 4.69) is 18.2 Å². The Labute approximate surface area is 111 Å². The number of amides is 2. The molecule has 1 saturated heterocycles. The van der Waals surface area contributed by atoms with Crippen LogP contribution in [0, 0.1) is 0 Å². The van der Waals surface area contributed by atoms with Gasteiger partial charge in [0.1, 0.15) is 0 Å². The fourth-order valence-electron chi connectivity index (χ4n) is 2.10. The quantitative estimate of drug-likeness (QED) is 0.712. The van der Waals surface area contributed by atoms with Crippen molar-refractivity contribution in [3.05, 3.63) is 23.8 Å². The zero-order valence-electron chi connectivity index (χ0n) is 10.8. The summed E-state index contributed by atoms with van der Waals surface area (Å²) in [5.74, 6) is -1.39. The van der Waals surface area contributed by atoms with E-state index in [4.69, 9.17) is 4.84 Å². The first-order valence-corrected chi connectivity index (χ1v) is 6.59. The smallest absolute Gasteiger partial charge is 0.330 e. The molecule has 0 spiro atoms. The van der Waals surface area contributed by atoms with Crippen LogP contribution in [0.1, 0.15) is 44.9 Å². The minimum atomic E-state index is -0.524. The van der Waals surface area contributed by atoms with Crippen LogP contribution >= 0.6 is 0 Å². The summed E-state index contributed by atoms with van der Waals surface area (Å²) in [7, 11) is 0. The molecular formula is C14H17NO4. The molecule has 0 N–H and O–H groups in total. The van der Waals surface area contributed by atoms with Crippen molar-refractivity contribution >= 4 is 17.8 Å². The van der Waals surface area contributed by atoms with Gasteiger partial charge in [-0.25, -0.2) is 4.79 Å². The first-order valence-electron chi connectivity index (χ1n) is 6.59. The third-order valence-corrected chi connectivity index (χ3v) is 3.12. The number of hydrogen-bond donors (Lipinski definition) is 0. The van der Waals surface area contributed by atoms with Crippen LogP contribution in [-0.4, -0.2) is 22.8 Å². The van der Waals surface area contributed by atoms with Crippen molar-refractivity contribution in [2.75, 3.05) is 0 Å². The Morgan fingerprint density at radius 2 is 1.95 bits per heavy atom. The molecule has 1 aliphatic heterocycles. The van der Waals surface area contributed by atoms with E-state index in [1.54, 1.807) is 0 Å². The number of rotatable bonds is 5. The van der Waals surface area contributed by atoms with E-state index < -0.39 is 17.8 Å². The summed E-state index contributed by atoms with van der Waals surface area (Å²) in [4.78, 5) is 38.8. The Morgan fingerprint density at radius 1 is 1.21 bits per heavy atom. The largest absolute Gasteiger partial charge is 0.333 e. The van der Waals surface area contributed by atoms with Gasteiger partial charge in [-0.15, -0.1) is 5.06 Å². The van der Waals surface area contributed by atoms with Gasteiger partial charge in [0, 0.05) is 19.3 Å². The van der Waals surface area contributed by atoms with Gasteiger partial charge in [-0.1, -0.05) is 23.8 Å². The van der Waals surface area contributed by atoms with Crippen LogP contribution in [0.25, 0.3) is 0 Å². The number of hydroxylamine groups is 2. The van der Waals surface area contributed by atoms with Gasteiger partial charge in [0.15, 0.2) is 0 Å². The first kappa shape index (κ1) is 13.5. The van der Waals surface area contributed by atoms with E-state index >= 15 is 0 Å². The third kappa shape index (κ3) is 3.77. The molecule has 0 aromatic heterocycles. The number of carbonyl (C=O) groups is 3. The Balaban J connectivity index is 1.70. The summed E-state index contributed by atoms with van der Waals surface area (Å²) < 4.78 is 0. The van der Waals surface area contributed by atoms with Crippen LogP contribution in [-0.2, 0) is 19.2 Å². The van der Waals surface area contributed by atoms with Gasteiger partial charge in [0.05, 0.1) is 0 Å². The molecule has 1 heterocycles. The summed E-state index contributed by atoms with van der Waals surface area (Å²) in [5, 5.41) is 0.599. The van der Waals surface area contributed by atoms with Crippen molar-refractivity contribution < 1.29 is 19.2 Å². The van der Waals surface area contributed by atoms with Crippen molar-refractivity contribution in [3.8, 4) is 0 Å². The average molecular weight is 263 g/mol. The molecule has 19 heavy (non-hydrogen) atoms. The SMILES string of the molecule is O=C(CCCC1=CCCC=C1)ON1C(=O)CCC1=O. The van der Waals surface area contributed by atoms with Gasteiger partial charge in [-0.2, -0.15) is 0 Å². The fourth-order valence-corrected chi connectivity index (χ4v) is 2.10. The van der Waals surface area contributed by atoms with Crippen molar-refractivity contribution in [3.63, 3.8) is 0 Å². The minimum Gasteiger partial charge on any atom is -0.330 e. The summed E-state index contributed by atoms with van der Waals surface area (Å²) >= 11 is 0. The van der Waals surface area contributed by atoms with Crippen LogP contribution in [0.15, 0.2) is 23.8 Å². The highest BCUT2D eigenvalue weighted by Gasteiger charge is 2.32. The maximum Gasteiger partial charge on any atom is 0.333 e. The molecule has 0 radical (unpaired) electrons. The second kappa shape index (κ2) is 6.31. The Kier molecular flexibility index (Phi) is 4.49. The Hall–Kier alpha value is -1.91. The summed E-state index contributed by atoms with van der Waals surface area (Å²) in [6, 6.07) is 0. The molecule has 0 unspecified atom stereocenters. The van der Waals surface area contributed by atoms with E-state index in [-0.39, 0.29) is 19.3 Å². The molecule has 102 valence electrons. The molecule has 0 atom stereocenters. The van der Waals surface area contributed by atoms with Gasteiger partial charge in [0.2, 0.25) is 0 Å². The van der Waals surface area contributed by atoms with Crippen LogP contribution in [0.5, 0.6) is 0 Å². The number of carbonyl (C=O) groups excluding carboxylic acids is 3. The van der Waals surface area contributed by atoms with Gasteiger partial charge < -0.3 is 4.84 Å². The van der Waals surface area contributed by atoms with Gasteiger partial charge >= 0.3 is 5.97 Å². The molecule has 1 aliphatic carbocycles. The fraction of sp³-hybridized carbons (Fsp3) is 0.500. The maximum atomic E-state index is 11.5. The highest BCUT2D eigenvalue weighted by Crippen LogP contribution is 2.17. The highest BCUT2D eigenvalue weighted by atomic mass is 16.7. The predicted octanol–water partition coefficient (Wildman–Crippen LogP) is 2.04. The lowest BCUT2D eigenvalue weighted by molar-refractivity contribution is -0.197. The molecule has 0 aromatic rings. The number of hydrogen-bond acceptors (Lipinski definition) is 4. The number of allylic oxidation sites excluding steroid dienone is 4. The summed E-state index contributed by atoms with van der Waals surface area (Å²) in [6.45, 7) is 0. The van der Waals surface area contributed by atoms with Crippen molar-refractivity contribution in [2.45, 2.75) is 44.9 Å². The van der Waals surface area contributed by atoms with Crippen LogP contribution in [0.3, 0.4) is 0 Å². The zero-order chi connectivity index (χ0) is 13.7. The molecule has 5 heteroatoms. The van der Waals surface area contributed by atoms with E-state index in [0.717, 1.165) is 19.3 Å². The van der Waals surface area contributed by atoms with Crippen LogP contribution in [0.4, 0.5) is 0 Å². The molecule has 0 bridgehead atoms. The van der Waals surface area contributed by atoms with Gasteiger partial charge in [0.25, 0.3) is 11.8 Å². The Bertz CT molecular complexity index is 434. The average Bonchev–Trinajstić information content (AvgIpc) is 2.72. The van der Waals surface area contributed by atoms with E-state index in [1.807, 2.05) is 0 Å². The van der Waals surface area contributed by atoms with Crippen LogP contribution in [0.2, 0.25) is 0 Å². The van der Waals surface area contributed by atoms with Crippen LogP contribution < -0.4 is 0 Å². The monoisotopic (exact) mass is 263 g/mol. The topological polar surface area (TPSA) is 63.7 Å². The second-order valence-corrected chi connectivity index (χ2v) is 4.66. The van der Waals surface area contributed by atoms with Crippen molar-refractivity contribution in [1.82, 2.24) is 5.06 Å². The highest BCUT2D eigenvalue weighted by molar-refractivity contribution is 6.01. The van der Waals surface area contributed by atoms with Crippen molar-refractivity contribution in [1.29, 1.82) is 0 Å². The second-order valence-electron chi connectivity index (χ2n) is 4.66. The summed E-state index contributed by atoms with van der Waals surface area (Å²) in [6.07, 6.45) is 10.4. The standard InChI is InChI=1S/C14H17NO4/c16-12-9-10-13(17)15(12)19-14(18)8-4-7-11-5-2-1-3-6-11/h2,5-6H,1,3-4,7-10H2. The molecule has 2 aliphatic rings. The number of nitrogens with zero attached hydrogens (tertiary/aromatic N) is 1. The van der Waals surface area contributed by atoms with E-state index in [1.165, 1.54) is 5.57 Å².